The molecule has 4 heteroatoms. The summed E-state index contributed by atoms with van der Waals surface area (Å²) in [5.41, 5.74) is 0.415. The van der Waals surface area contributed by atoms with Crippen LogP contribution in [0.25, 0.3) is 0 Å². The van der Waals surface area contributed by atoms with Crippen LogP contribution in [0.2, 0.25) is 0 Å². The molecule has 4 aliphatic rings. The number of carbonyl (C=O) groups is 1. The largest absolute Gasteiger partial charge is 0.478 e. The van der Waals surface area contributed by atoms with Crippen LogP contribution in [0.3, 0.4) is 0 Å². The fourth-order valence-electron chi connectivity index (χ4n) is 9.23. The van der Waals surface area contributed by atoms with E-state index in [1.807, 2.05) is 6.08 Å². The minimum absolute atomic E-state index is 0.181. The van der Waals surface area contributed by atoms with E-state index >= 15 is 0 Å². The molecule has 0 aromatic rings. The lowest BCUT2D eigenvalue weighted by Crippen LogP contribution is -2.62. The van der Waals surface area contributed by atoms with E-state index in [0.29, 0.717) is 29.6 Å². The van der Waals surface area contributed by atoms with Crippen LogP contribution in [0.1, 0.15) is 79.1 Å². The van der Waals surface area contributed by atoms with Gasteiger partial charge >= 0.3 is 5.97 Å². The number of aliphatic hydroxyl groups excluding tert-OH is 2. The Balaban J connectivity index is 1.65. The quantitative estimate of drug-likeness (QED) is 0.568. The SMILES string of the molecule is CC[C@H]1[C@@H](O)[C@@H]2[C@H](CC[C@]3(C)[C@@H](C(C)C=CC(=O)O)CC[C@@H]23)[C@@]2(C)CC[C@@H](O)C[C@@H]12. The first-order chi connectivity index (χ1) is 14.1. The molecule has 4 fully saturated rings. The Morgan fingerprint density at radius 2 is 1.70 bits per heavy atom. The molecule has 0 spiro atoms. The first-order valence-electron chi connectivity index (χ1n) is 12.4. The van der Waals surface area contributed by atoms with Crippen LogP contribution in [0, 0.1) is 52.3 Å². The van der Waals surface area contributed by atoms with E-state index in [2.05, 4.69) is 27.7 Å². The summed E-state index contributed by atoms with van der Waals surface area (Å²) in [6.45, 7) is 9.30. The summed E-state index contributed by atoms with van der Waals surface area (Å²) in [5, 5.41) is 31.2. The predicted molar refractivity (Wildman–Crippen MR) is 118 cm³/mol. The lowest BCUT2D eigenvalue weighted by atomic mass is 9.41. The molecule has 0 aliphatic heterocycles. The van der Waals surface area contributed by atoms with E-state index < -0.39 is 5.97 Å². The standard InChI is InChI=1S/C26H42O4/c1-5-17-21-14-16(27)10-12-26(21,4)20-11-13-25(3)18(15(2)6-9-22(28)29)7-8-19(25)23(20)24(17)30/h6,9,15-21,23-24,27,30H,5,7-8,10-14H2,1-4H3,(H,28,29)/t15?,16-,17-,18-,19+,20+,21+,23+,24-,25-,26-/m1/s1. The fourth-order valence-corrected chi connectivity index (χ4v) is 9.23. The van der Waals surface area contributed by atoms with Gasteiger partial charge in [-0.2, -0.15) is 0 Å². The lowest BCUT2D eigenvalue weighted by Gasteiger charge is -2.64. The van der Waals surface area contributed by atoms with Crippen LogP contribution in [-0.2, 0) is 4.79 Å². The van der Waals surface area contributed by atoms with Gasteiger partial charge in [0.1, 0.15) is 0 Å². The Morgan fingerprint density at radius 1 is 1.03 bits per heavy atom. The van der Waals surface area contributed by atoms with Crippen molar-refractivity contribution in [2.45, 2.75) is 91.3 Å². The number of carboxylic acid groups (broad SMARTS) is 1. The minimum atomic E-state index is -0.864. The Hall–Kier alpha value is -0.870. The van der Waals surface area contributed by atoms with Gasteiger partial charge < -0.3 is 15.3 Å². The molecule has 4 saturated carbocycles. The molecular weight excluding hydrogens is 376 g/mol. The number of hydrogen-bond acceptors (Lipinski definition) is 3. The van der Waals surface area contributed by atoms with Crippen LogP contribution < -0.4 is 0 Å². The monoisotopic (exact) mass is 418 g/mol. The molecule has 1 unspecified atom stereocenters. The Kier molecular flexibility index (Phi) is 5.89. The van der Waals surface area contributed by atoms with E-state index in [0.717, 1.165) is 38.5 Å². The number of hydrogen-bond donors (Lipinski definition) is 3. The van der Waals surface area contributed by atoms with Crippen molar-refractivity contribution in [3.63, 3.8) is 0 Å². The highest BCUT2D eigenvalue weighted by molar-refractivity contribution is 5.79. The molecule has 170 valence electrons. The average Bonchev–Trinajstić information content (AvgIpc) is 3.05. The second-order valence-electron chi connectivity index (χ2n) is 11.7. The van der Waals surface area contributed by atoms with E-state index in [1.54, 1.807) is 0 Å². The van der Waals surface area contributed by atoms with Gasteiger partial charge in [-0.05, 0) is 97.2 Å². The van der Waals surface area contributed by atoms with Crippen molar-refractivity contribution < 1.29 is 20.1 Å². The van der Waals surface area contributed by atoms with E-state index in [1.165, 1.54) is 18.9 Å². The van der Waals surface area contributed by atoms with Crippen molar-refractivity contribution in [2.24, 2.45) is 52.3 Å². The van der Waals surface area contributed by atoms with Crippen molar-refractivity contribution in [3.05, 3.63) is 12.2 Å². The maximum absolute atomic E-state index is 11.7. The van der Waals surface area contributed by atoms with Crippen molar-refractivity contribution >= 4 is 5.97 Å². The topological polar surface area (TPSA) is 77.8 Å². The zero-order valence-electron chi connectivity index (χ0n) is 19.3. The molecule has 4 nitrogen and oxygen atoms in total. The average molecular weight is 419 g/mol. The van der Waals surface area contributed by atoms with Gasteiger partial charge in [0.15, 0.2) is 0 Å². The first-order valence-corrected chi connectivity index (χ1v) is 12.4. The van der Waals surface area contributed by atoms with Gasteiger partial charge in [0.05, 0.1) is 12.2 Å². The van der Waals surface area contributed by atoms with Crippen molar-refractivity contribution in [1.29, 1.82) is 0 Å². The Labute approximate surface area is 182 Å². The highest BCUT2D eigenvalue weighted by Crippen LogP contribution is 2.69. The maximum atomic E-state index is 11.7. The number of fused-ring (bicyclic) bond motifs is 5. The van der Waals surface area contributed by atoms with Crippen LogP contribution in [-0.4, -0.2) is 33.5 Å². The Bertz CT molecular complexity index is 689. The maximum Gasteiger partial charge on any atom is 0.327 e. The first kappa shape index (κ1) is 22.3. The van der Waals surface area contributed by atoms with Crippen molar-refractivity contribution in [3.8, 4) is 0 Å². The smallest absolute Gasteiger partial charge is 0.327 e. The summed E-state index contributed by atoms with van der Waals surface area (Å²) in [6.07, 6.45) is 11.2. The van der Waals surface area contributed by atoms with E-state index in [4.69, 9.17) is 5.11 Å². The molecule has 0 saturated heterocycles. The molecule has 0 amide bonds. The van der Waals surface area contributed by atoms with Gasteiger partial charge in [-0.1, -0.05) is 40.2 Å². The summed E-state index contributed by atoms with van der Waals surface area (Å²) in [6, 6.07) is 0. The number of carboxylic acids is 1. The summed E-state index contributed by atoms with van der Waals surface area (Å²) >= 11 is 0. The number of aliphatic carboxylic acids is 1. The third-order valence-electron chi connectivity index (χ3n) is 10.6. The summed E-state index contributed by atoms with van der Waals surface area (Å²) in [5.74, 6) is 2.03. The van der Waals surface area contributed by atoms with Gasteiger partial charge in [-0.3, -0.25) is 0 Å². The molecule has 11 atom stereocenters. The number of rotatable bonds is 4. The summed E-state index contributed by atoms with van der Waals surface area (Å²) in [4.78, 5) is 11.0. The lowest BCUT2D eigenvalue weighted by molar-refractivity contribution is -0.202. The predicted octanol–water partition coefficient (Wildman–Crippen LogP) is 4.89. The molecule has 4 aliphatic carbocycles. The molecule has 30 heavy (non-hydrogen) atoms. The van der Waals surface area contributed by atoms with Gasteiger partial charge in [-0.15, -0.1) is 0 Å². The zero-order valence-corrected chi connectivity index (χ0v) is 19.3. The molecule has 0 aromatic heterocycles. The highest BCUT2D eigenvalue weighted by atomic mass is 16.4. The molecule has 0 radical (unpaired) electrons. The second kappa shape index (κ2) is 7.92. The minimum Gasteiger partial charge on any atom is -0.478 e. The third kappa shape index (κ3) is 3.28. The molecular formula is C26H42O4. The normalized spacial score (nSPS) is 51.8. The fraction of sp³-hybridized carbons (Fsp3) is 0.885. The zero-order chi connectivity index (χ0) is 21.8. The third-order valence-corrected chi connectivity index (χ3v) is 10.6. The molecule has 4 rings (SSSR count). The molecule has 0 aromatic carbocycles. The van der Waals surface area contributed by atoms with Crippen LogP contribution in [0.4, 0.5) is 0 Å². The Morgan fingerprint density at radius 3 is 2.37 bits per heavy atom. The molecule has 3 N–H and O–H groups in total. The van der Waals surface area contributed by atoms with Gasteiger partial charge in [0.2, 0.25) is 0 Å². The van der Waals surface area contributed by atoms with Crippen molar-refractivity contribution in [1.82, 2.24) is 0 Å². The van der Waals surface area contributed by atoms with Crippen LogP contribution in [0.15, 0.2) is 12.2 Å². The number of allylic oxidation sites excluding steroid dienone is 1. The summed E-state index contributed by atoms with van der Waals surface area (Å²) in [7, 11) is 0. The van der Waals surface area contributed by atoms with Crippen molar-refractivity contribution in [2.75, 3.05) is 0 Å². The molecule has 0 heterocycles. The number of aliphatic hydroxyl groups is 2. The van der Waals surface area contributed by atoms with E-state index in [-0.39, 0.29) is 34.9 Å². The van der Waals surface area contributed by atoms with Gasteiger partial charge in [-0.25, -0.2) is 4.79 Å². The highest BCUT2D eigenvalue weighted by Gasteiger charge is 2.64. The van der Waals surface area contributed by atoms with Crippen LogP contribution in [0.5, 0.6) is 0 Å². The van der Waals surface area contributed by atoms with Gasteiger partial charge in [0.25, 0.3) is 0 Å². The van der Waals surface area contributed by atoms with E-state index in [9.17, 15) is 15.0 Å². The molecule has 0 bridgehead atoms. The second-order valence-corrected chi connectivity index (χ2v) is 11.7. The van der Waals surface area contributed by atoms with Crippen LogP contribution >= 0.6 is 0 Å². The van der Waals surface area contributed by atoms with Gasteiger partial charge in [0, 0.05) is 6.08 Å². The summed E-state index contributed by atoms with van der Waals surface area (Å²) < 4.78 is 0.